The first-order valence-electron chi connectivity index (χ1n) is 5.42. The number of halogens is 2. The SMILES string of the molecule is Nc1noc(-c2ccoc2Cl)c1-c1ccccc1Cl. The van der Waals surface area contributed by atoms with Gasteiger partial charge in [0.2, 0.25) is 5.22 Å². The van der Waals surface area contributed by atoms with Gasteiger partial charge in [-0.3, -0.25) is 0 Å². The highest BCUT2D eigenvalue weighted by Gasteiger charge is 2.22. The molecule has 0 fully saturated rings. The Balaban J connectivity index is 2.26. The highest BCUT2D eigenvalue weighted by atomic mass is 35.5. The monoisotopic (exact) mass is 294 g/mol. The molecule has 0 spiro atoms. The molecule has 2 N–H and O–H groups in total. The highest BCUT2D eigenvalue weighted by Crippen LogP contribution is 2.42. The number of nitrogen functional groups attached to an aromatic ring is 1. The molecule has 6 heteroatoms. The lowest BCUT2D eigenvalue weighted by Crippen LogP contribution is -1.89. The van der Waals surface area contributed by atoms with Gasteiger partial charge in [-0.1, -0.05) is 35.0 Å². The van der Waals surface area contributed by atoms with Gasteiger partial charge in [0.05, 0.1) is 17.4 Å². The quantitative estimate of drug-likeness (QED) is 0.756. The summed E-state index contributed by atoms with van der Waals surface area (Å²) in [6.45, 7) is 0. The number of hydrogen-bond acceptors (Lipinski definition) is 4. The molecular formula is C13H8Cl2N2O2. The van der Waals surface area contributed by atoms with E-state index in [2.05, 4.69) is 5.16 Å². The number of benzene rings is 1. The average molecular weight is 295 g/mol. The van der Waals surface area contributed by atoms with Crippen molar-refractivity contribution in [2.75, 3.05) is 5.73 Å². The van der Waals surface area contributed by atoms with E-state index in [4.69, 9.17) is 37.9 Å². The summed E-state index contributed by atoms with van der Waals surface area (Å²) in [5.74, 6) is 0.685. The minimum absolute atomic E-state index is 0.212. The summed E-state index contributed by atoms with van der Waals surface area (Å²) in [4.78, 5) is 0. The minimum atomic E-state index is 0.212. The molecule has 3 aromatic rings. The molecule has 0 aliphatic carbocycles. The molecule has 0 atom stereocenters. The van der Waals surface area contributed by atoms with Crippen LogP contribution in [-0.2, 0) is 0 Å². The van der Waals surface area contributed by atoms with Crippen LogP contribution in [0.25, 0.3) is 22.5 Å². The number of rotatable bonds is 2. The van der Waals surface area contributed by atoms with Crippen molar-refractivity contribution in [3.63, 3.8) is 0 Å². The van der Waals surface area contributed by atoms with Crippen molar-refractivity contribution >= 4 is 29.0 Å². The second kappa shape index (κ2) is 4.64. The average Bonchev–Trinajstić information content (AvgIpc) is 2.96. The Bertz CT molecular complexity index is 734. The number of furan rings is 1. The van der Waals surface area contributed by atoms with Crippen LogP contribution in [-0.4, -0.2) is 5.16 Å². The molecule has 0 saturated carbocycles. The van der Waals surface area contributed by atoms with Crippen molar-refractivity contribution in [1.82, 2.24) is 5.16 Å². The number of aromatic nitrogens is 1. The summed E-state index contributed by atoms with van der Waals surface area (Å²) >= 11 is 12.1. The molecule has 0 radical (unpaired) electrons. The van der Waals surface area contributed by atoms with Crippen LogP contribution < -0.4 is 5.73 Å². The summed E-state index contributed by atoms with van der Waals surface area (Å²) in [5, 5.41) is 4.54. The Kier molecular flexibility index (Phi) is 2.97. The van der Waals surface area contributed by atoms with Crippen molar-refractivity contribution in [2.24, 2.45) is 0 Å². The lowest BCUT2D eigenvalue weighted by Gasteiger charge is -2.03. The van der Waals surface area contributed by atoms with Gasteiger partial charge >= 0.3 is 0 Å². The Morgan fingerprint density at radius 1 is 1.05 bits per heavy atom. The normalized spacial score (nSPS) is 10.8. The van der Waals surface area contributed by atoms with E-state index >= 15 is 0 Å². The minimum Gasteiger partial charge on any atom is -0.452 e. The molecule has 0 aliphatic heterocycles. The maximum atomic E-state index is 6.18. The number of nitrogens with two attached hydrogens (primary N) is 1. The molecule has 0 bridgehead atoms. The summed E-state index contributed by atoms with van der Waals surface area (Å²) in [6, 6.07) is 8.98. The van der Waals surface area contributed by atoms with Crippen LogP contribution in [0.4, 0.5) is 5.82 Å². The van der Waals surface area contributed by atoms with E-state index in [-0.39, 0.29) is 11.0 Å². The molecule has 0 aliphatic rings. The highest BCUT2D eigenvalue weighted by molar-refractivity contribution is 6.34. The first-order valence-corrected chi connectivity index (χ1v) is 6.17. The molecule has 96 valence electrons. The molecule has 2 heterocycles. The number of nitrogens with zero attached hydrogens (tertiary/aromatic N) is 1. The van der Waals surface area contributed by atoms with Crippen LogP contribution in [0.2, 0.25) is 10.2 Å². The van der Waals surface area contributed by atoms with E-state index in [1.54, 1.807) is 12.1 Å². The van der Waals surface area contributed by atoms with Crippen molar-refractivity contribution in [2.45, 2.75) is 0 Å². The third-order valence-corrected chi connectivity index (χ3v) is 3.35. The van der Waals surface area contributed by atoms with Crippen molar-refractivity contribution in [1.29, 1.82) is 0 Å². The smallest absolute Gasteiger partial charge is 0.204 e. The van der Waals surface area contributed by atoms with E-state index in [0.29, 0.717) is 21.9 Å². The van der Waals surface area contributed by atoms with Gasteiger partial charge in [-0.25, -0.2) is 0 Å². The second-order valence-electron chi connectivity index (χ2n) is 3.86. The third kappa shape index (κ3) is 1.99. The Hall–Kier alpha value is -1.91. The fourth-order valence-electron chi connectivity index (χ4n) is 1.87. The van der Waals surface area contributed by atoms with Crippen LogP contribution in [0, 0.1) is 0 Å². The van der Waals surface area contributed by atoms with Crippen LogP contribution in [0.3, 0.4) is 0 Å². The van der Waals surface area contributed by atoms with E-state index < -0.39 is 0 Å². The van der Waals surface area contributed by atoms with Crippen molar-refractivity contribution < 1.29 is 8.94 Å². The van der Waals surface area contributed by atoms with Gasteiger partial charge in [-0.05, 0) is 23.7 Å². The molecule has 1 aromatic carbocycles. The fourth-order valence-corrected chi connectivity index (χ4v) is 2.30. The zero-order valence-corrected chi connectivity index (χ0v) is 11.1. The first kappa shape index (κ1) is 12.1. The van der Waals surface area contributed by atoms with E-state index in [1.807, 2.05) is 18.2 Å². The summed E-state index contributed by atoms with van der Waals surface area (Å²) in [7, 11) is 0. The summed E-state index contributed by atoms with van der Waals surface area (Å²) in [6.07, 6.45) is 1.47. The lowest BCUT2D eigenvalue weighted by atomic mass is 10.0. The Morgan fingerprint density at radius 2 is 1.84 bits per heavy atom. The van der Waals surface area contributed by atoms with Gasteiger partial charge in [-0.15, -0.1) is 0 Å². The van der Waals surface area contributed by atoms with Gasteiger partial charge in [0, 0.05) is 10.6 Å². The van der Waals surface area contributed by atoms with Gasteiger partial charge in [0.25, 0.3) is 0 Å². The van der Waals surface area contributed by atoms with E-state index in [1.165, 1.54) is 6.26 Å². The van der Waals surface area contributed by atoms with Crippen molar-refractivity contribution in [3.8, 4) is 22.5 Å². The fraction of sp³-hybridized carbons (Fsp3) is 0. The van der Waals surface area contributed by atoms with Crippen molar-refractivity contribution in [3.05, 3.63) is 46.8 Å². The zero-order chi connectivity index (χ0) is 13.4. The Morgan fingerprint density at radius 3 is 2.53 bits per heavy atom. The topological polar surface area (TPSA) is 65.2 Å². The molecule has 19 heavy (non-hydrogen) atoms. The molecular weight excluding hydrogens is 287 g/mol. The summed E-state index contributed by atoms with van der Waals surface area (Å²) < 4.78 is 10.3. The third-order valence-electron chi connectivity index (χ3n) is 2.72. The molecule has 0 amide bonds. The largest absolute Gasteiger partial charge is 0.452 e. The molecule has 3 rings (SSSR count). The summed E-state index contributed by atoms with van der Waals surface area (Å²) in [5.41, 5.74) is 7.78. The van der Waals surface area contributed by atoms with Gasteiger partial charge in [0.1, 0.15) is 0 Å². The number of hydrogen-bond donors (Lipinski definition) is 1. The van der Waals surface area contributed by atoms with E-state index in [0.717, 1.165) is 5.56 Å². The molecule has 2 aromatic heterocycles. The molecule has 0 saturated heterocycles. The second-order valence-corrected chi connectivity index (χ2v) is 4.61. The van der Waals surface area contributed by atoms with Gasteiger partial charge in [-0.2, -0.15) is 0 Å². The standard InChI is InChI=1S/C13H8Cl2N2O2/c14-9-4-2-1-3-7(9)10-11(19-17-13(10)16)8-5-6-18-12(8)15/h1-6H,(H2,16,17). The van der Waals surface area contributed by atoms with E-state index in [9.17, 15) is 0 Å². The number of anilines is 1. The zero-order valence-electron chi connectivity index (χ0n) is 9.56. The van der Waals surface area contributed by atoms with Gasteiger partial charge in [0.15, 0.2) is 11.6 Å². The Labute approximate surface area is 118 Å². The van der Waals surface area contributed by atoms with Crippen LogP contribution >= 0.6 is 23.2 Å². The maximum absolute atomic E-state index is 6.18. The molecule has 4 nitrogen and oxygen atoms in total. The van der Waals surface area contributed by atoms with Crippen LogP contribution in [0.1, 0.15) is 0 Å². The van der Waals surface area contributed by atoms with Gasteiger partial charge < -0.3 is 14.7 Å². The predicted octanol–water partition coefficient (Wildman–Crippen LogP) is 4.49. The maximum Gasteiger partial charge on any atom is 0.204 e. The first-order chi connectivity index (χ1) is 9.18. The molecule has 0 unspecified atom stereocenters. The van der Waals surface area contributed by atoms with Crippen LogP contribution in [0.5, 0.6) is 0 Å². The lowest BCUT2D eigenvalue weighted by molar-refractivity contribution is 0.435. The predicted molar refractivity (Wildman–Crippen MR) is 74.1 cm³/mol. The van der Waals surface area contributed by atoms with Crippen LogP contribution in [0.15, 0.2) is 45.5 Å².